The third kappa shape index (κ3) is 3.08. The van der Waals surface area contributed by atoms with Crippen LogP contribution >= 0.6 is 35.7 Å². The summed E-state index contributed by atoms with van der Waals surface area (Å²) in [5.74, 6) is -1.41. The van der Waals surface area contributed by atoms with Crippen molar-refractivity contribution in [2.45, 2.75) is 6.92 Å². The molecule has 0 unspecified atom stereocenters. The normalized spacial score (nSPS) is 23.2. The standard InChI is InChI=1S/C12H12N2O3S3/c1-7(5-8-13(2)3-4-19-8)10-11(17)14(6-9(15)16)12(18)20-10/h3-5H,6H2,1-2H3,(H,15,16). The molecule has 1 saturated heterocycles. The largest absolute Gasteiger partial charge is 0.480 e. The summed E-state index contributed by atoms with van der Waals surface area (Å²) in [5.41, 5.74) is 0.785. The first-order chi connectivity index (χ1) is 9.40. The monoisotopic (exact) mass is 328 g/mol. The number of aliphatic carboxylic acids is 1. The van der Waals surface area contributed by atoms with Crippen molar-refractivity contribution in [1.29, 1.82) is 0 Å². The number of hydrogen-bond acceptors (Lipinski definition) is 6. The molecule has 20 heavy (non-hydrogen) atoms. The highest BCUT2D eigenvalue weighted by Crippen LogP contribution is 2.35. The van der Waals surface area contributed by atoms with E-state index < -0.39 is 12.5 Å². The third-order valence-electron chi connectivity index (χ3n) is 2.66. The van der Waals surface area contributed by atoms with Crippen molar-refractivity contribution >= 4 is 51.9 Å². The van der Waals surface area contributed by atoms with Crippen molar-refractivity contribution in [3.8, 4) is 0 Å². The van der Waals surface area contributed by atoms with E-state index in [-0.39, 0.29) is 10.2 Å². The number of thiocarbonyl (C=S) groups is 1. The Kier molecular flexibility index (Phi) is 4.56. The summed E-state index contributed by atoms with van der Waals surface area (Å²) >= 11 is 7.77. The number of allylic oxidation sites excluding steroid dienone is 2. The molecule has 0 radical (unpaired) electrons. The van der Waals surface area contributed by atoms with Crippen molar-refractivity contribution in [2.75, 3.05) is 13.6 Å². The van der Waals surface area contributed by atoms with E-state index in [9.17, 15) is 9.59 Å². The predicted octanol–water partition coefficient (Wildman–Crippen LogP) is 2.20. The second-order valence-corrected chi connectivity index (χ2v) is 6.73. The Morgan fingerprint density at radius 2 is 2.25 bits per heavy atom. The molecule has 0 aromatic heterocycles. The van der Waals surface area contributed by atoms with Crippen molar-refractivity contribution in [1.82, 2.24) is 9.80 Å². The Balaban J connectivity index is 2.24. The van der Waals surface area contributed by atoms with Gasteiger partial charge in [0.25, 0.3) is 5.91 Å². The molecule has 5 nitrogen and oxygen atoms in total. The van der Waals surface area contributed by atoms with Gasteiger partial charge in [-0.15, -0.1) is 0 Å². The number of carbonyl (C=O) groups is 2. The van der Waals surface area contributed by atoms with Gasteiger partial charge in [0.15, 0.2) is 0 Å². The molecule has 0 aliphatic carbocycles. The molecule has 1 N–H and O–H groups in total. The van der Waals surface area contributed by atoms with Crippen LogP contribution in [0.15, 0.2) is 33.2 Å². The van der Waals surface area contributed by atoms with E-state index >= 15 is 0 Å². The van der Waals surface area contributed by atoms with Crippen molar-refractivity contribution in [3.63, 3.8) is 0 Å². The van der Waals surface area contributed by atoms with Gasteiger partial charge in [-0.3, -0.25) is 14.5 Å². The summed E-state index contributed by atoms with van der Waals surface area (Å²) < 4.78 is 0.288. The maximum Gasteiger partial charge on any atom is 0.323 e. The van der Waals surface area contributed by atoms with E-state index in [2.05, 4.69) is 0 Å². The zero-order valence-electron chi connectivity index (χ0n) is 10.8. The molecule has 1 fully saturated rings. The van der Waals surface area contributed by atoms with Gasteiger partial charge in [0.2, 0.25) is 0 Å². The molecule has 0 aromatic rings. The lowest BCUT2D eigenvalue weighted by Gasteiger charge is -2.11. The van der Waals surface area contributed by atoms with Crippen LogP contribution in [0.3, 0.4) is 0 Å². The number of hydrogen-bond donors (Lipinski definition) is 1. The molecule has 2 rings (SSSR count). The number of rotatable bonds is 3. The molecule has 0 spiro atoms. The number of carboxylic acid groups (broad SMARTS) is 1. The van der Waals surface area contributed by atoms with Crippen molar-refractivity contribution in [2.24, 2.45) is 0 Å². The van der Waals surface area contributed by atoms with Gasteiger partial charge in [0.1, 0.15) is 10.9 Å². The maximum atomic E-state index is 12.2. The second kappa shape index (κ2) is 6.02. The van der Waals surface area contributed by atoms with E-state index in [4.69, 9.17) is 17.3 Å². The summed E-state index contributed by atoms with van der Waals surface area (Å²) in [6, 6.07) is 0. The maximum absolute atomic E-state index is 12.2. The topological polar surface area (TPSA) is 60.9 Å². The minimum Gasteiger partial charge on any atom is -0.480 e. The minimum atomic E-state index is -1.08. The number of nitrogens with zero attached hydrogens (tertiary/aromatic N) is 2. The number of thioether (sulfide) groups is 2. The highest BCUT2D eigenvalue weighted by atomic mass is 32.2. The molecule has 2 aliphatic heterocycles. The summed E-state index contributed by atoms with van der Waals surface area (Å²) in [7, 11) is 1.92. The lowest BCUT2D eigenvalue weighted by atomic mass is 10.2. The van der Waals surface area contributed by atoms with E-state index in [1.54, 1.807) is 11.8 Å². The Morgan fingerprint density at radius 1 is 1.55 bits per heavy atom. The average Bonchev–Trinajstić information content (AvgIpc) is 2.88. The first-order valence-electron chi connectivity index (χ1n) is 5.64. The van der Waals surface area contributed by atoms with Gasteiger partial charge in [-0.1, -0.05) is 35.7 Å². The fourth-order valence-electron chi connectivity index (χ4n) is 1.65. The quantitative estimate of drug-likeness (QED) is 0.629. The van der Waals surface area contributed by atoms with E-state index in [0.717, 1.165) is 27.3 Å². The summed E-state index contributed by atoms with van der Waals surface area (Å²) in [6.45, 7) is 1.43. The van der Waals surface area contributed by atoms with E-state index in [0.29, 0.717) is 4.91 Å². The number of amides is 1. The van der Waals surface area contributed by atoms with Crippen LogP contribution in [0, 0.1) is 0 Å². The summed E-state index contributed by atoms with van der Waals surface area (Å²) in [4.78, 5) is 26.5. The first kappa shape index (κ1) is 15.1. The van der Waals surface area contributed by atoms with Crippen LogP contribution in [0.2, 0.25) is 0 Å². The van der Waals surface area contributed by atoms with Crippen LogP contribution in [0.4, 0.5) is 0 Å². The molecule has 0 bridgehead atoms. The summed E-state index contributed by atoms with van der Waals surface area (Å²) in [6.07, 6.45) is 3.83. The highest BCUT2D eigenvalue weighted by Gasteiger charge is 2.34. The molecular weight excluding hydrogens is 316 g/mol. The summed E-state index contributed by atoms with van der Waals surface area (Å²) in [5, 5.41) is 11.7. The Hall–Kier alpha value is -1.25. The van der Waals surface area contributed by atoms with Gasteiger partial charge in [-0.2, -0.15) is 0 Å². The van der Waals surface area contributed by atoms with Gasteiger partial charge in [-0.05, 0) is 24.0 Å². The van der Waals surface area contributed by atoms with Crippen molar-refractivity contribution < 1.29 is 14.7 Å². The van der Waals surface area contributed by atoms with Crippen LogP contribution in [0.1, 0.15) is 6.92 Å². The third-order valence-corrected chi connectivity index (χ3v) is 5.13. The van der Waals surface area contributed by atoms with Gasteiger partial charge < -0.3 is 10.0 Å². The molecule has 0 saturated carbocycles. The molecule has 8 heteroatoms. The second-order valence-electron chi connectivity index (χ2n) is 4.16. The molecule has 1 amide bonds. The smallest absolute Gasteiger partial charge is 0.323 e. The van der Waals surface area contributed by atoms with Gasteiger partial charge in [0.05, 0.1) is 9.93 Å². The number of carboxylic acids is 1. The van der Waals surface area contributed by atoms with Crippen LogP contribution in [0.25, 0.3) is 0 Å². The zero-order valence-corrected chi connectivity index (χ0v) is 13.3. The molecule has 106 valence electrons. The van der Waals surface area contributed by atoms with E-state index in [1.165, 1.54) is 0 Å². The van der Waals surface area contributed by atoms with Crippen LogP contribution in [-0.2, 0) is 9.59 Å². The zero-order chi connectivity index (χ0) is 14.9. The molecular formula is C12H12N2O3S3. The van der Waals surface area contributed by atoms with Gasteiger partial charge in [-0.25, -0.2) is 0 Å². The minimum absolute atomic E-state index is 0.288. The Labute approximate surface area is 130 Å². The van der Waals surface area contributed by atoms with Crippen LogP contribution < -0.4 is 0 Å². The van der Waals surface area contributed by atoms with Gasteiger partial charge >= 0.3 is 5.97 Å². The number of carbonyl (C=O) groups excluding carboxylic acids is 1. The molecule has 2 aliphatic rings. The van der Waals surface area contributed by atoms with Crippen molar-refractivity contribution in [3.05, 3.63) is 33.2 Å². The molecule has 0 aromatic carbocycles. The Bertz CT molecular complexity index is 580. The lowest BCUT2D eigenvalue weighted by Crippen LogP contribution is -2.33. The highest BCUT2D eigenvalue weighted by molar-refractivity contribution is 8.26. The van der Waals surface area contributed by atoms with Crippen LogP contribution in [0.5, 0.6) is 0 Å². The fraction of sp³-hybridized carbons (Fsp3) is 0.250. The SMILES string of the molecule is CC(C=C1SC=CN1C)=C1SC(=S)N(CC(=O)O)C1=O. The molecule has 0 atom stereocenters. The average molecular weight is 328 g/mol. The van der Waals surface area contributed by atoms with Crippen LogP contribution in [-0.4, -0.2) is 44.7 Å². The predicted molar refractivity (Wildman–Crippen MR) is 84.8 cm³/mol. The van der Waals surface area contributed by atoms with E-state index in [1.807, 2.05) is 36.6 Å². The lowest BCUT2D eigenvalue weighted by molar-refractivity contribution is -0.140. The first-order valence-corrected chi connectivity index (χ1v) is 7.75. The van der Waals surface area contributed by atoms with Gasteiger partial charge in [0, 0.05) is 13.2 Å². The molecule has 2 heterocycles. The Morgan fingerprint density at radius 3 is 2.80 bits per heavy atom. The fourth-order valence-corrected chi connectivity index (χ4v) is 3.75.